The van der Waals surface area contributed by atoms with Crippen molar-refractivity contribution >= 4 is 29.1 Å². The summed E-state index contributed by atoms with van der Waals surface area (Å²) in [6.45, 7) is 10.1. The average Bonchev–Trinajstić information content (AvgIpc) is 3.44. The number of hydrogen-bond acceptors (Lipinski definition) is 7. The Balaban J connectivity index is 1.70. The maximum atomic E-state index is 13.6. The van der Waals surface area contributed by atoms with Crippen molar-refractivity contribution in [3.63, 3.8) is 0 Å². The molecule has 0 radical (unpaired) electrons. The van der Waals surface area contributed by atoms with Crippen molar-refractivity contribution in [2.75, 3.05) is 26.7 Å². The Morgan fingerprint density at radius 2 is 1.89 bits per heavy atom. The molecule has 9 nitrogen and oxygen atoms in total. The molecule has 0 aliphatic carbocycles. The third kappa shape index (κ3) is 7.15. The van der Waals surface area contributed by atoms with Gasteiger partial charge >= 0.3 is 0 Å². The quantitative estimate of drug-likeness (QED) is 0.395. The molecule has 2 aromatic rings. The molecular formula is C27H39N5O4S. The summed E-state index contributed by atoms with van der Waals surface area (Å²) in [4.78, 5) is 45.8. The van der Waals surface area contributed by atoms with Crippen LogP contribution in [-0.2, 0) is 14.4 Å². The van der Waals surface area contributed by atoms with Crippen molar-refractivity contribution in [3.05, 3.63) is 41.0 Å². The fourth-order valence-electron chi connectivity index (χ4n) is 4.60. The summed E-state index contributed by atoms with van der Waals surface area (Å²) >= 11 is 1.59. The van der Waals surface area contributed by atoms with Crippen molar-refractivity contribution in [2.24, 2.45) is 11.3 Å². The molecule has 1 aliphatic rings. The minimum absolute atomic E-state index is 0.0885. The number of aliphatic hydroxyl groups is 1. The number of thiazole rings is 1. The second kappa shape index (κ2) is 12.1. The highest BCUT2D eigenvalue weighted by Gasteiger charge is 2.44. The molecular weight excluding hydrogens is 490 g/mol. The number of likely N-dealkylation sites (N-methyl/N-ethyl adjacent to an activating group) is 1. The van der Waals surface area contributed by atoms with Gasteiger partial charge in [0.2, 0.25) is 17.7 Å². The number of likely N-dealkylation sites (tertiary alicyclic amines) is 1. The Labute approximate surface area is 223 Å². The lowest BCUT2D eigenvalue weighted by molar-refractivity contribution is -0.144. The topological polar surface area (TPSA) is 124 Å². The van der Waals surface area contributed by atoms with Gasteiger partial charge in [-0.2, -0.15) is 0 Å². The van der Waals surface area contributed by atoms with E-state index in [1.807, 2.05) is 64.4 Å². The highest BCUT2D eigenvalue weighted by atomic mass is 32.1. The maximum Gasteiger partial charge on any atom is 0.243 e. The number of benzene rings is 1. The van der Waals surface area contributed by atoms with E-state index in [0.29, 0.717) is 0 Å². The predicted octanol–water partition coefficient (Wildman–Crippen LogP) is 2.26. The minimum atomic E-state index is -0.781. The monoisotopic (exact) mass is 529 g/mol. The van der Waals surface area contributed by atoms with E-state index < -0.39 is 23.5 Å². The van der Waals surface area contributed by atoms with Crippen molar-refractivity contribution in [3.8, 4) is 10.4 Å². The van der Waals surface area contributed by atoms with Crippen LogP contribution in [0.4, 0.5) is 0 Å². The summed E-state index contributed by atoms with van der Waals surface area (Å²) in [5, 5.41) is 19.0. The van der Waals surface area contributed by atoms with Gasteiger partial charge in [0.05, 0.1) is 40.7 Å². The minimum Gasteiger partial charge on any atom is -0.391 e. The van der Waals surface area contributed by atoms with Crippen molar-refractivity contribution in [2.45, 2.75) is 59.2 Å². The summed E-state index contributed by atoms with van der Waals surface area (Å²) in [6.07, 6.45) is -0.604. The van der Waals surface area contributed by atoms with Crippen LogP contribution in [0.5, 0.6) is 0 Å². The number of amides is 3. The Kier molecular flexibility index (Phi) is 9.44. The molecule has 1 fully saturated rings. The van der Waals surface area contributed by atoms with E-state index in [1.165, 1.54) is 4.90 Å². The predicted molar refractivity (Wildman–Crippen MR) is 145 cm³/mol. The standard InChI is InChI=1S/C27H39N5O4S/c1-16(18-7-9-19(10-8-18)24-17(2)30-15-37-24)31-25(35)22-11-20(33)14-32(22)26(36)21(27(3,4)5)12-29-23(34)13-28-6/h7-10,15-16,20-22,28,33H,11-14H2,1-6H3,(H,29,34)(H,31,35)/t16-,20+,21+,22-/m0/s1. The SMILES string of the molecule is CNCC(=O)NC[C@H](C(=O)N1C[C@H](O)C[C@H]1C(=O)N[C@@H](C)c1ccc(-c2scnc2C)cc1)C(C)(C)C. The first kappa shape index (κ1) is 28.7. The zero-order valence-corrected chi connectivity index (χ0v) is 23.3. The summed E-state index contributed by atoms with van der Waals surface area (Å²) in [7, 11) is 1.68. The van der Waals surface area contributed by atoms with Crippen LogP contribution < -0.4 is 16.0 Å². The van der Waals surface area contributed by atoms with Crippen LogP contribution in [0, 0.1) is 18.3 Å². The number of carbonyl (C=O) groups excluding carboxylic acids is 3. The second-order valence-electron chi connectivity index (χ2n) is 10.8. The number of aliphatic hydroxyl groups excluding tert-OH is 1. The van der Waals surface area contributed by atoms with E-state index in [0.717, 1.165) is 21.7 Å². The first-order chi connectivity index (χ1) is 17.4. The van der Waals surface area contributed by atoms with Crippen molar-refractivity contribution in [1.29, 1.82) is 0 Å². The van der Waals surface area contributed by atoms with E-state index in [-0.39, 0.29) is 49.8 Å². The smallest absolute Gasteiger partial charge is 0.243 e. The van der Waals surface area contributed by atoms with Crippen LogP contribution >= 0.6 is 11.3 Å². The zero-order valence-electron chi connectivity index (χ0n) is 22.5. The number of nitrogens with one attached hydrogen (secondary N) is 3. The van der Waals surface area contributed by atoms with Crippen LogP contribution in [0.15, 0.2) is 29.8 Å². The molecule has 0 spiro atoms. The molecule has 10 heteroatoms. The molecule has 37 heavy (non-hydrogen) atoms. The number of aryl methyl sites for hydroxylation is 1. The van der Waals surface area contributed by atoms with Crippen molar-refractivity contribution < 1.29 is 19.5 Å². The van der Waals surface area contributed by atoms with Gasteiger partial charge in [0.25, 0.3) is 0 Å². The van der Waals surface area contributed by atoms with E-state index >= 15 is 0 Å². The van der Waals surface area contributed by atoms with Gasteiger partial charge in [-0.1, -0.05) is 45.0 Å². The molecule has 1 aromatic heterocycles. The highest BCUT2D eigenvalue weighted by Crippen LogP contribution is 2.31. The zero-order chi connectivity index (χ0) is 27.3. The van der Waals surface area contributed by atoms with Gasteiger partial charge in [-0.25, -0.2) is 4.98 Å². The summed E-state index contributed by atoms with van der Waals surface area (Å²) in [6, 6.07) is 6.94. The number of hydrogen-bond donors (Lipinski definition) is 4. The lowest BCUT2D eigenvalue weighted by Crippen LogP contribution is -2.52. The number of nitrogens with zero attached hydrogens (tertiary/aromatic N) is 2. The lowest BCUT2D eigenvalue weighted by atomic mass is 9.79. The van der Waals surface area contributed by atoms with Gasteiger partial charge in [0, 0.05) is 19.5 Å². The van der Waals surface area contributed by atoms with Crippen LogP contribution in [-0.4, -0.2) is 71.5 Å². The van der Waals surface area contributed by atoms with E-state index in [9.17, 15) is 19.5 Å². The molecule has 0 unspecified atom stereocenters. The molecule has 1 aromatic carbocycles. The third-order valence-corrected chi connectivity index (χ3v) is 7.80. The Bertz CT molecular complexity index is 1090. The van der Waals surface area contributed by atoms with Gasteiger partial charge in [-0.15, -0.1) is 11.3 Å². The third-order valence-electron chi connectivity index (χ3n) is 6.83. The van der Waals surface area contributed by atoms with Gasteiger partial charge < -0.3 is 26.0 Å². The largest absolute Gasteiger partial charge is 0.391 e. The van der Waals surface area contributed by atoms with E-state index in [2.05, 4.69) is 20.9 Å². The molecule has 202 valence electrons. The van der Waals surface area contributed by atoms with Gasteiger partial charge in [-0.3, -0.25) is 14.4 Å². The van der Waals surface area contributed by atoms with Crippen LogP contribution in [0.2, 0.25) is 0 Å². The molecule has 0 saturated carbocycles. The normalized spacial score (nSPS) is 19.4. The summed E-state index contributed by atoms with van der Waals surface area (Å²) < 4.78 is 0. The van der Waals surface area contributed by atoms with Gasteiger partial charge in [0.15, 0.2) is 0 Å². The average molecular weight is 530 g/mol. The van der Waals surface area contributed by atoms with Crippen molar-refractivity contribution in [1.82, 2.24) is 25.8 Å². The number of β-amino-alcohol motifs (C(OH)–C–C–N with tert-alkyl or cyclic N) is 1. The first-order valence-electron chi connectivity index (χ1n) is 12.6. The Morgan fingerprint density at radius 3 is 2.46 bits per heavy atom. The number of aromatic nitrogens is 1. The summed E-state index contributed by atoms with van der Waals surface area (Å²) in [5.41, 5.74) is 4.37. The highest BCUT2D eigenvalue weighted by molar-refractivity contribution is 7.13. The fourth-order valence-corrected chi connectivity index (χ4v) is 5.42. The lowest BCUT2D eigenvalue weighted by Gasteiger charge is -2.35. The molecule has 4 N–H and O–H groups in total. The number of carbonyl (C=O) groups is 3. The van der Waals surface area contributed by atoms with Crippen LogP contribution in [0.25, 0.3) is 10.4 Å². The maximum absolute atomic E-state index is 13.6. The fraction of sp³-hybridized carbons (Fsp3) is 0.556. The first-order valence-corrected chi connectivity index (χ1v) is 13.5. The molecule has 1 aliphatic heterocycles. The van der Waals surface area contributed by atoms with Crippen LogP contribution in [0.3, 0.4) is 0 Å². The number of rotatable bonds is 9. The molecule has 2 heterocycles. The van der Waals surface area contributed by atoms with E-state index in [4.69, 9.17) is 0 Å². The molecule has 1 saturated heterocycles. The molecule has 3 amide bonds. The molecule has 3 rings (SSSR count). The van der Waals surface area contributed by atoms with Crippen LogP contribution in [0.1, 0.15) is 51.4 Å². The Morgan fingerprint density at radius 1 is 1.22 bits per heavy atom. The molecule has 0 bridgehead atoms. The summed E-state index contributed by atoms with van der Waals surface area (Å²) in [5.74, 6) is -1.29. The Hall–Kier alpha value is -2.82. The van der Waals surface area contributed by atoms with Gasteiger partial charge in [-0.05, 0) is 37.4 Å². The van der Waals surface area contributed by atoms with Gasteiger partial charge in [0.1, 0.15) is 6.04 Å². The molecule has 4 atom stereocenters. The second-order valence-corrected chi connectivity index (χ2v) is 11.6. The van der Waals surface area contributed by atoms with E-state index in [1.54, 1.807) is 18.4 Å².